The van der Waals surface area contributed by atoms with Crippen molar-refractivity contribution in [3.63, 3.8) is 0 Å². The maximum Gasteiger partial charge on any atom is 0.432 e. The molecule has 0 unspecified atom stereocenters. The summed E-state index contributed by atoms with van der Waals surface area (Å²) in [6.45, 7) is 2.93. The summed E-state index contributed by atoms with van der Waals surface area (Å²) in [6, 6.07) is 12.0. The zero-order valence-electron chi connectivity index (χ0n) is 18.4. The molecule has 7 nitrogen and oxygen atoms in total. The summed E-state index contributed by atoms with van der Waals surface area (Å²) in [4.78, 5) is 25.0. The van der Waals surface area contributed by atoms with Crippen molar-refractivity contribution in [2.75, 3.05) is 7.11 Å². The molecule has 0 radical (unpaired) electrons. The zero-order valence-corrected chi connectivity index (χ0v) is 18.4. The van der Waals surface area contributed by atoms with Crippen LogP contribution in [0.2, 0.25) is 0 Å². The van der Waals surface area contributed by atoms with Crippen LogP contribution in [0.1, 0.15) is 31.1 Å². The first kappa shape index (κ1) is 23.8. The molecule has 0 saturated carbocycles. The Bertz CT molecular complexity index is 1280. The lowest BCUT2D eigenvalue weighted by molar-refractivity contribution is -0.281. The summed E-state index contributed by atoms with van der Waals surface area (Å²) >= 11 is 0. The zero-order chi connectivity index (χ0) is 24.9. The smallest absolute Gasteiger partial charge is 0.432 e. The third-order valence-corrected chi connectivity index (χ3v) is 5.85. The summed E-state index contributed by atoms with van der Waals surface area (Å²) < 4.78 is 64.1. The van der Waals surface area contributed by atoms with Gasteiger partial charge in [0.25, 0.3) is 5.60 Å². The molecule has 0 aliphatic carbocycles. The van der Waals surface area contributed by atoms with Crippen LogP contribution >= 0.6 is 0 Å². The second-order valence-electron chi connectivity index (χ2n) is 8.38. The van der Waals surface area contributed by atoms with Crippen molar-refractivity contribution >= 4 is 16.9 Å². The van der Waals surface area contributed by atoms with E-state index in [9.17, 15) is 27.9 Å². The van der Waals surface area contributed by atoms with E-state index in [0.717, 1.165) is 19.2 Å². The Morgan fingerprint density at radius 3 is 2.32 bits per heavy atom. The van der Waals surface area contributed by atoms with Crippen LogP contribution in [0.3, 0.4) is 0 Å². The average Bonchev–Trinajstić information content (AvgIpc) is 2.77. The van der Waals surface area contributed by atoms with E-state index >= 15 is 0 Å². The van der Waals surface area contributed by atoms with Crippen LogP contribution in [0.5, 0.6) is 5.75 Å². The monoisotopic (exact) mass is 478 g/mol. The van der Waals surface area contributed by atoms with Gasteiger partial charge in [-0.05, 0) is 19.9 Å². The predicted molar refractivity (Wildman–Crippen MR) is 113 cm³/mol. The summed E-state index contributed by atoms with van der Waals surface area (Å²) in [6.07, 6.45) is -8.33. The maximum atomic E-state index is 14.3. The maximum absolute atomic E-state index is 14.3. The van der Waals surface area contributed by atoms with E-state index in [-0.39, 0.29) is 16.9 Å². The van der Waals surface area contributed by atoms with E-state index in [0.29, 0.717) is 5.39 Å². The fraction of sp³-hybridized carbons (Fsp3) is 0.333. The van der Waals surface area contributed by atoms with Crippen molar-refractivity contribution in [1.82, 2.24) is 0 Å². The van der Waals surface area contributed by atoms with Gasteiger partial charge in [-0.2, -0.15) is 13.2 Å². The van der Waals surface area contributed by atoms with Crippen molar-refractivity contribution in [2.45, 2.75) is 43.4 Å². The minimum absolute atomic E-state index is 0.0157. The van der Waals surface area contributed by atoms with Crippen molar-refractivity contribution in [3.05, 3.63) is 76.1 Å². The van der Waals surface area contributed by atoms with Crippen molar-refractivity contribution < 1.29 is 41.7 Å². The molecule has 3 atom stereocenters. The third kappa shape index (κ3) is 3.63. The first-order chi connectivity index (χ1) is 15.9. The van der Waals surface area contributed by atoms with E-state index in [2.05, 4.69) is 0 Å². The van der Waals surface area contributed by atoms with Crippen LogP contribution in [-0.2, 0) is 19.9 Å². The quantitative estimate of drug-likeness (QED) is 0.447. The normalized spacial score (nSPS) is 21.3. The SMILES string of the molecule is CO[C@@](C(=O)O[C@H]1c2ccc3ccc(=O)oc3c2OC(C)(C)[C@H]1O)(c1ccccc1)C(F)(F)F. The molecule has 1 aliphatic rings. The number of methoxy groups -OCH3 is 1. The summed E-state index contributed by atoms with van der Waals surface area (Å²) in [7, 11) is 0.752. The minimum atomic E-state index is -5.19. The average molecular weight is 478 g/mol. The molecule has 0 amide bonds. The van der Waals surface area contributed by atoms with Crippen LogP contribution in [0.15, 0.2) is 63.8 Å². The van der Waals surface area contributed by atoms with Gasteiger partial charge in [0.05, 0.1) is 0 Å². The lowest BCUT2D eigenvalue weighted by Gasteiger charge is -2.42. The minimum Gasteiger partial charge on any atom is -0.481 e. The number of benzene rings is 2. The molecule has 0 bridgehead atoms. The number of ether oxygens (including phenoxy) is 3. The molecule has 1 N–H and O–H groups in total. The molecular weight excluding hydrogens is 457 g/mol. The molecule has 1 aromatic heterocycles. The number of fused-ring (bicyclic) bond motifs is 3. The van der Waals surface area contributed by atoms with Gasteiger partial charge < -0.3 is 23.7 Å². The topological polar surface area (TPSA) is 95.2 Å². The molecule has 0 saturated heterocycles. The molecule has 0 fully saturated rings. The number of rotatable bonds is 4. The highest BCUT2D eigenvalue weighted by atomic mass is 19.4. The van der Waals surface area contributed by atoms with Gasteiger partial charge in [-0.3, -0.25) is 0 Å². The molecular formula is C24H21F3O7. The molecule has 180 valence electrons. The molecule has 1 aliphatic heterocycles. The Morgan fingerprint density at radius 2 is 1.71 bits per heavy atom. The van der Waals surface area contributed by atoms with Gasteiger partial charge in [0.1, 0.15) is 11.7 Å². The number of carbonyl (C=O) groups is 1. The number of hydrogen-bond acceptors (Lipinski definition) is 7. The summed E-state index contributed by atoms with van der Waals surface area (Å²) in [5, 5.41) is 11.4. The van der Waals surface area contributed by atoms with Gasteiger partial charge in [0, 0.05) is 29.7 Å². The molecule has 2 heterocycles. The first-order valence-electron chi connectivity index (χ1n) is 10.2. The highest BCUT2D eigenvalue weighted by Crippen LogP contribution is 2.48. The molecule has 4 rings (SSSR count). The highest BCUT2D eigenvalue weighted by molar-refractivity contribution is 5.86. The second kappa shape index (κ2) is 8.14. The highest BCUT2D eigenvalue weighted by Gasteiger charge is 2.65. The van der Waals surface area contributed by atoms with Gasteiger partial charge >= 0.3 is 17.8 Å². The number of aliphatic hydroxyl groups excluding tert-OH is 1. The van der Waals surface area contributed by atoms with E-state index in [1.165, 1.54) is 56.3 Å². The fourth-order valence-electron chi connectivity index (χ4n) is 4.02. The Balaban J connectivity index is 1.86. The van der Waals surface area contributed by atoms with E-state index in [1.807, 2.05) is 0 Å². The number of aliphatic hydroxyl groups is 1. The predicted octanol–water partition coefficient (Wildman–Crippen LogP) is 4.01. The van der Waals surface area contributed by atoms with Crippen molar-refractivity contribution in [3.8, 4) is 5.75 Å². The van der Waals surface area contributed by atoms with Gasteiger partial charge in [0.2, 0.25) is 0 Å². The van der Waals surface area contributed by atoms with Crippen LogP contribution in [0.25, 0.3) is 11.0 Å². The van der Waals surface area contributed by atoms with Crippen molar-refractivity contribution in [1.29, 1.82) is 0 Å². The van der Waals surface area contributed by atoms with E-state index < -0.39 is 46.7 Å². The van der Waals surface area contributed by atoms with Crippen LogP contribution < -0.4 is 10.4 Å². The number of hydrogen-bond donors (Lipinski definition) is 1. The Hall–Kier alpha value is -3.37. The summed E-state index contributed by atoms with van der Waals surface area (Å²) in [5.41, 5.74) is -5.96. The Morgan fingerprint density at radius 1 is 1.06 bits per heavy atom. The van der Waals surface area contributed by atoms with Crippen molar-refractivity contribution in [2.24, 2.45) is 0 Å². The van der Waals surface area contributed by atoms with Gasteiger partial charge in [-0.1, -0.05) is 42.5 Å². The van der Waals surface area contributed by atoms with Gasteiger partial charge in [0.15, 0.2) is 17.4 Å². The fourth-order valence-corrected chi connectivity index (χ4v) is 4.02. The lowest BCUT2D eigenvalue weighted by Crippen LogP contribution is -2.55. The molecule has 10 heteroatoms. The Labute approximate surface area is 191 Å². The molecule has 3 aromatic rings. The number of alkyl halides is 3. The molecule has 2 aromatic carbocycles. The Kier molecular flexibility index (Phi) is 5.69. The van der Waals surface area contributed by atoms with Crippen LogP contribution in [-0.4, -0.2) is 36.1 Å². The molecule has 0 spiro atoms. The van der Waals surface area contributed by atoms with E-state index in [1.54, 1.807) is 0 Å². The third-order valence-electron chi connectivity index (χ3n) is 5.85. The number of esters is 1. The van der Waals surface area contributed by atoms with E-state index in [4.69, 9.17) is 18.6 Å². The van der Waals surface area contributed by atoms with Gasteiger partial charge in [-0.15, -0.1) is 0 Å². The second-order valence-corrected chi connectivity index (χ2v) is 8.38. The van der Waals surface area contributed by atoms with Crippen LogP contribution in [0, 0.1) is 0 Å². The van der Waals surface area contributed by atoms with Gasteiger partial charge in [-0.25, -0.2) is 9.59 Å². The van der Waals surface area contributed by atoms with Crippen LogP contribution in [0.4, 0.5) is 13.2 Å². The standard InChI is InChI=1S/C24H21F3O7/c1-22(2)20(29)19(15-11-9-13-10-12-16(28)32-17(13)18(15)34-22)33-21(30)23(31-3,24(25,26)27)14-7-5-4-6-8-14/h4-12,19-20,29H,1-3H3/t19-,20-,23+/m0/s1. The number of halogens is 3. The molecule has 34 heavy (non-hydrogen) atoms. The lowest BCUT2D eigenvalue weighted by atomic mass is 9.87. The summed E-state index contributed by atoms with van der Waals surface area (Å²) in [5.74, 6) is -1.78. The largest absolute Gasteiger partial charge is 0.481 e. The first-order valence-corrected chi connectivity index (χ1v) is 10.2. The number of carbonyl (C=O) groups excluding carboxylic acids is 1.